The number of carbonyl (C=O) groups is 2. The van der Waals surface area contributed by atoms with Gasteiger partial charge in [0.15, 0.2) is 12.1 Å². The summed E-state index contributed by atoms with van der Waals surface area (Å²) in [6.07, 6.45) is 1.12. The van der Waals surface area contributed by atoms with Gasteiger partial charge in [0.1, 0.15) is 35.4 Å². The van der Waals surface area contributed by atoms with Crippen molar-refractivity contribution in [1.29, 1.82) is 0 Å². The van der Waals surface area contributed by atoms with Crippen molar-refractivity contribution in [2.45, 2.75) is 84.5 Å². The number of aldehydes is 1. The van der Waals surface area contributed by atoms with Gasteiger partial charge in [-0.1, -0.05) is 56.5 Å². The highest BCUT2D eigenvalue weighted by molar-refractivity contribution is 6.00. The van der Waals surface area contributed by atoms with E-state index in [1.54, 1.807) is 34.6 Å². The summed E-state index contributed by atoms with van der Waals surface area (Å²) in [5.74, 6) is 7.40. The van der Waals surface area contributed by atoms with Gasteiger partial charge in [-0.05, 0) is 82.5 Å². The summed E-state index contributed by atoms with van der Waals surface area (Å²) in [6, 6.07) is 16.1. The Kier molecular flexibility index (Phi) is 11.7. The maximum absolute atomic E-state index is 12.1. The van der Waals surface area contributed by atoms with Crippen molar-refractivity contribution in [2.75, 3.05) is 19.8 Å². The first kappa shape index (κ1) is 32.8. The Balaban J connectivity index is 1.86. The van der Waals surface area contributed by atoms with Crippen LogP contribution in [0.3, 0.4) is 0 Å². The average Bonchev–Trinajstić information content (AvgIpc) is 2.91. The van der Waals surface area contributed by atoms with Crippen molar-refractivity contribution in [1.82, 2.24) is 0 Å². The fourth-order valence-electron chi connectivity index (χ4n) is 3.91. The highest BCUT2D eigenvalue weighted by Gasteiger charge is 2.28. The number of carbonyl (C=O) groups excluding carboxylic acids is 2. The Hall–Kier alpha value is -3.40. The van der Waals surface area contributed by atoms with E-state index in [-0.39, 0.29) is 23.9 Å². The SMILES string of the molecule is C=C(C)C(=O)C(C)(C)OCCC#CCOc1ccc(C(C)(C)c2ccc(OC(C)COC(C)(C)C=O)cc2)cc1. The smallest absolute Gasteiger partial charge is 0.189 e. The number of hydrogen-bond acceptors (Lipinski definition) is 6. The molecule has 0 heterocycles. The van der Waals surface area contributed by atoms with E-state index in [0.29, 0.717) is 25.2 Å². The van der Waals surface area contributed by atoms with Crippen molar-refractivity contribution in [2.24, 2.45) is 0 Å². The molecule has 1 unspecified atom stereocenters. The van der Waals surface area contributed by atoms with Crippen LogP contribution in [-0.2, 0) is 24.5 Å². The molecule has 0 saturated carbocycles. The Labute approximate surface area is 240 Å². The van der Waals surface area contributed by atoms with Crippen LogP contribution < -0.4 is 9.47 Å². The molecule has 0 spiro atoms. The zero-order chi connectivity index (χ0) is 30.0. The van der Waals surface area contributed by atoms with Crippen molar-refractivity contribution < 1.29 is 28.5 Å². The first-order valence-electron chi connectivity index (χ1n) is 13.6. The fraction of sp³-hybridized carbons (Fsp3) is 0.471. The van der Waals surface area contributed by atoms with E-state index >= 15 is 0 Å². The molecule has 6 heteroatoms. The van der Waals surface area contributed by atoms with Crippen LogP contribution in [0.25, 0.3) is 0 Å². The van der Waals surface area contributed by atoms with Crippen LogP contribution in [0.4, 0.5) is 0 Å². The van der Waals surface area contributed by atoms with Crippen molar-refractivity contribution in [3.05, 3.63) is 71.8 Å². The summed E-state index contributed by atoms with van der Waals surface area (Å²) in [5, 5.41) is 0. The molecule has 0 amide bonds. The molecular weight excluding hydrogens is 504 g/mol. The van der Waals surface area contributed by atoms with Gasteiger partial charge in [-0.3, -0.25) is 4.79 Å². The standard InChI is InChI=1S/C34H44O6/c1-25(2)31(36)34(8,9)38-22-12-10-11-21-37-29-17-13-27(14-18-29)33(6,7)28-15-19-30(20-16-28)40-26(3)23-39-32(4,5)24-35/h13-20,24,26H,1,12,21-23H2,2-9H3. The number of rotatable bonds is 15. The van der Waals surface area contributed by atoms with Crippen LogP contribution in [0.15, 0.2) is 60.7 Å². The quantitative estimate of drug-likeness (QED) is 0.110. The molecule has 216 valence electrons. The summed E-state index contributed by atoms with van der Waals surface area (Å²) in [7, 11) is 0. The minimum atomic E-state index is -0.890. The van der Waals surface area contributed by atoms with Gasteiger partial charge in [-0.15, -0.1) is 0 Å². The third kappa shape index (κ3) is 9.97. The fourth-order valence-corrected chi connectivity index (χ4v) is 3.91. The largest absolute Gasteiger partial charge is 0.488 e. The summed E-state index contributed by atoms with van der Waals surface area (Å²) >= 11 is 0. The molecule has 2 aromatic rings. The van der Waals surface area contributed by atoms with Gasteiger partial charge in [0.25, 0.3) is 0 Å². The Morgan fingerprint density at radius 2 is 1.45 bits per heavy atom. The predicted octanol–water partition coefficient (Wildman–Crippen LogP) is 6.49. The van der Waals surface area contributed by atoms with Crippen LogP contribution in [0.1, 0.15) is 72.9 Å². The molecule has 1 atom stereocenters. The molecule has 6 nitrogen and oxygen atoms in total. The molecular formula is C34H44O6. The lowest BCUT2D eigenvalue weighted by Crippen LogP contribution is -2.35. The van der Waals surface area contributed by atoms with Gasteiger partial charge in [-0.25, -0.2) is 0 Å². The zero-order valence-electron chi connectivity index (χ0n) is 25.3. The Morgan fingerprint density at radius 3 is 1.98 bits per heavy atom. The average molecular weight is 549 g/mol. The van der Waals surface area contributed by atoms with Crippen LogP contribution in [0, 0.1) is 11.8 Å². The highest BCUT2D eigenvalue weighted by atomic mass is 16.5. The monoisotopic (exact) mass is 548 g/mol. The molecule has 2 aromatic carbocycles. The van der Waals surface area contributed by atoms with E-state index in [1.165, 1.54) is 0 Å². The maximum atomic E-state index is 12.1. The zero-order valence-corrected chi connectivity index (χ0v) is 25.3. The minimum absolute atomic E-state index is 0.102. The van der Waals surface area contributed by atoms with E-state index in [9.17, 15) is 9.59 Å². The Morgan fingerprint density at radius 1 is 0.900 bits per heavy atom. The normalized spacial score (nSPS) is 12.6. The lowest BCUT2D eigenvalue weighted by atomic mass is 9.78. The van der Waals surface area contributed by atoms with Crippen molar-refractivity contribution >= 4 is 12.1 Å². The van der Waals surface area contributed by atoms with E-state index in [0.717, 1.165) is 28.9 Å². The van der Waals surface area contributed by atoms with Crippen molar-refractivity contribution in [3.8, 4) is 23.3 Å². The van der Waals surface area contributed by atoms with Crippen LogP contribution in [0.2, 0.25) is 0 Å². The van der Waals surface area contributed by atoms with E-state index in [4.69, 9.17) is 18.9 Å². The minimum Gasteiger partial charge on any atom is -0.488 e. The van der Waals surface area contributed by atoms with Gasteiger partial charge < -0.3 is 23.7 Å². The van der Waals surface area contributed by atoms with Crippen LogP contribution in [0.5, 0.6) is 11.5 Å². The Bertz CT molecular complexity index is 1190. The first-order valence-corrected chi connectivity index (χ1v) is 13.6. The second-order valence-corrected chi connectivity index (χ2v) is 11.5. The summed E-state index contributed by atoms with van der Waals surface area (Å²) in [6.45, 7) is 19.5. The van der Waals surface area contributed by atoms with E-state index < -0.39 is 11.2 Å². The molecule has 0 aliphatic heterocycles. The summed E-state index contributed by atoms with van der Waals surface area (Å²) in [4.78, 5) is 23.1. The second-order valence-electron chi connectivity index (χ2n) is 11.5. The van der Waals surface area contributed by atoms with Crippen molar-refractivity contribution in [3.63, 3.8) is 0 Å². The molecule has 0 saturated heterocycles. The molecule has 40 heavy (non-hydrogen) atoms. The highest BCUT2D eigenvalue weighted by Crippen LogP contribution is 2.33. The molecule has 0 radical (unpaired) electrons. The summed E-state index contributed by atoms with van der Waals surface area (Å²) in [5.41, 5.74) is 0.858. The molecule has 0 aromatic heterocycles. The van der Waals surface area contributed by atoms with Gasteiger partial charge >= 0.3 is 0 Å². The maximum Gasteiger partial charge on any atom is 0.189 e. The summed E-state index contributed by atoms with van der Waals surface area (Å²) < 4.78 is 23.0. The van der Waals surface area contributed by atoms with Gasteiger partial charge in [0.05, 0.1) is 13.2 Å². The van der Waals surface area contributed by atoms with Crippen LogP contribution in [-0.4, -0.2) is 49.2 Å². The number of hydrogen-bond donors (Lipinski definition) is 0. The number of ketones is 1. The van der Waals surface area contributed by atoms with Gasteiger partial charge in [0.2, 0.25) is 0 Å². The molecule has 2 rings (SSSR count). The number of Topliss-reactive ketones (excluding diaryl/α,β-unsaturated/α-hetero) is 1. The molecule has 0 fully saturated rings. The van der Waals surface area contributed by atoms with E-state index in [2.05, 4.69) is 56.5 Å². The molecule has 0 aliphatic carbocycles. The predicted molar refractivity (Wildman–Crippen MR) is 159 cm³/mol. The number of benzene rings is 2. The molecule has 0 bridgehead atoms. The topological polar surface area (TPSA) is 71.1 Å². The van der Waals surface area contributed by atoms with Gasteiger partial charge in [-0.2, -0.15) is 0 Å². The van der Waals surface area contributed by atoms with Crippen LogP contribution >= 0.6 is 0 Å². The first-order chi connectivity index (χ1) is 18.7. The lowest BCUT2D eigenvalue weighted by Gasteiger charge is -2.27. The molecule has 0 N–H and O–H groups in total. The lowest BCUT2D eigenvalue weighted by molar-refractivity contribution is -0.136. The van der Waals surface area contributed by atoms with Gasteiger partial charge in [0, 0.05) is 11.8 Å². The number of ether oxygens (including phenoxy) is 4. The third-order valence-corrected chi connectivity index (χ3v) is 6.52. The molecule has 0 aliphatic rings. The third-order valence-electron chi connectivity index (χ3n) is 6.52. The second kappa shape index (κ2) is 14.3. The van der Waals surface area contributed by atoms with E-state index in [1.807, 2.05) is 31.2 Å².